The number of hydrogen-bond donors (Lipinski definition) is 0. The molecule has 1 saturated heterocycles. The Morgan fingerprint density at radius 2 is 1.95 bits per heavy atom. The number of carbonyl (C=O) groups excluding carboxylic acids is 1. The highest BCUT2D eigenvalue weighted by molar-refractivity contribution is 9.10. The van der Waals surface area contributed by atoms with Crippen molar-refractivity contribution >= 4 is 27.8 Å². The predicted octanol–water partition coefficient (Wildman–Crippen LogP) is 2.80. The van der Waals surface area contributed by atoms with Crippen LogP contribution in [-0.2, 0) is 9.53 Å². The molecule has 1 aliphatic heterocycles. The van der Waals surface area contributed by atoms with Crippen molar-refractivity contribution in [2.75, 3.05) is 24.6 Å². The van der Waals surface area contributed by atoms with Crippen molar-refractivity contribution in [2.24, 2.45) is 5.41 Å². The lowest BCUT2D eigenvalue weighted by molar-refractivity contribution is -0.157. The van der Waals surface area contributed by atoms with Crippen molar-refractivity contribution in [3.63, 3.8) is 0 Å². The Labute approximate surface area is 127 Å². The third kappa shape index (κ3) is 3.11. The number of halogens is 1. The van der Waals surface area contributed by atoms with E-state index >= 15 is 0 Å². The van der Waals surface area contributed by atoms with Gasteiger partial charge in [0.25, 0.3) is 0 Å². The van der Waals surface area contributed by atoms with Crippen LogP contribution in [0.2, 0.25) is 0 Å². The molecular weight excluding hydrogens is 322 g/mol. The predicted molar refractivity (Wildman–Crippen MR) is 80.5 cm³/mol. The number of nitrogens with zero attached hydrogens (tertiary/aromatic N) is 3. The lowest BCUT2D eigenvalue weighted by Gasteiger charge is -2.39. The lowest BCUT2D eigenvalue weighted by atomic mass is 9.76. The number of esters is 1. The molecule has 1 aromatic rings. The molecule has 0 N–H and O–H groups in total. The van der Waals surface area contributed by atoms with Gasteiger partial charge in [0.1, 0.15) is 0 Å². The van der Waals surface area contributed by atoms with Crippen LogP contribution >= 0.6 is 15.9 Å². The first-order chi connectivity index (χ1) is 9.61. The quantitative estimate of drug-likeness (QED) is 0.788. The van der Waals surface area contributed by atoms with Gasteiger partial charge in [-0.25, -0.2) is 9.97 Å². The van der Waals surface area contributed by atoms with Gasteiger partial charge >= 0.3 is 5.97 Å². The fraction of sp³-hybridized carbons (Fsp3) is 0.643. The second-order valence-electron chi connectivity index (χ2n) is 5.04. The monoisotopic (exact) mass is 341 g/mol. The molecular formula is C14H20BrN3O2. The summed E-state index contributed by atoms with van der Waals surface area (Å²) in [7, 11) is 0. The molecule has 1 aromatic heterocycles. The molecule has 0 bridgehead atoms. The van der Waals surface area contributed by atoms with Crippen LogP contribution in [0.5, 0.6) is 0 Å². The van der Waals surface area contributed by atoms with Crippen molar-refractivity contribution in [3.05, 3.63) is 16.9 Å². The summed E-state index contributed by atoms with van der Waals surface area (Å²) in [5, 5.41) is 0. The van der Waals surface area contributed by atoms with Crippen molar-refractivity contribution in [3.8, 4) is 0 Å². The molecule has 0 saturated carbocycles. The van der Waals surface area contributed by atoms with Crippen molar-refractivity contribution in [2.45, 2.75) is 33.1 Å². The van der Waals surface area contributed by atoms with Gasteiger partial charge < -0.3 is 9.64 Å². The van der Waals surface area contributed by atoms with Crippen LogP contribution in [0.1, 0.15) is 33.1 Å². The molecule has 20 heavy (non-hydrogen) atoms. The summed E-state index contributed by atoms with van der Waals surface area (Å²) in [5.41, 5.74) is -0.331. The van der Waals surface area contributed by atoms with E-state index in [0.29, 0.717) is 6.61 Å². The van der Waals surface area contributed by atoms with E-state index in [9.17, 15) is 4.79 Å². The maximum absolute atomic E-state index is 12.2. The summed E-state index contributed by atoms with van der Waals surface area (Å²) < 4.78 is 6.11. The van der Waals surface area contributed by atoms with Crippen LogP contribution in [-0.4, -0.2) is 35.6 Å². The van der Waals surface area contributed by atoms with E-state index in [-0.39, 0.29) is 11.4 Å². The molecule has 6 heteroatoms. The smallest absolute Gasteiger partial charge is 0.312 e. The van der Waals surface area contributed by atoms with E-state index in [1.807, 2.05) is 6.92 Å². The minimum absolute atomic E-state index is 0.0566. The number of ether oxygens (including phenoxy) is 1. The SMILES string of the molecule is CCOC(=O)C1(CC)CCN(c2ncc(Br)cn2)CC1. The third-order valence-corrected chi connectivity index (χ3v) is 4.40. The first-order valence-electron chi connectivity index (χ1n) is 7.01. The third-order valence-electron chi connectivity index (χ3n) is 4.00. The molecule has 110 valence electrons. The minimum Gasteiger partial charge on any atom is -0.466 e. The zero-order valence-electron chi connectivity index (χ0n) is 11.9. The van der Waals surface area contributed by atoms with Gasteiger partial charge in [0.2, 0.25) is 5.95 Å². The van der Waals surface area contributed by atoms with E-state index in [1.54, 1.807) is 12.4 Å². The second kappa shape index (κ2) is 6.52. The summed E-state index contributed by atoms with van der Waals surface area (Å²) in [6.07, 6.45) is 5.90. The fourth-order valence-electron chi connectivity index (χ4n) is 2.59. The summed E-state index contributed by atoms with van der Waals surface area (Å²) in [6.45, 7) is 5.93. The number of piperidine rings is 1. The molecule has 0 atom stereocenters. The van der Waals surface area contributed by atoms with Crippen molar-refractivity contribution in [1.82, 2.24) is 9.97 Å². The summed E-state index contributed by atoms with van der Waals surface area (Å²) >= 11 is 3.33. The molecule has 1 aliphatic rings. The maximum Gasteiger partial charge on any atom is 0.312 e. The van der Waals surface area contributed by atoms with Crippen molar-refractivity contribution < 1.29 is 9.53 Å². The van der Waals surface area contributed by atoms with Crippen LogP contribution in [0, 0.1) is 5.41 Å². The van der Waals surface area contributed by atoms with Gasteiger partial charge in [-0.2, -0.15) is 0 Å². The first-order valence-corrected chi connectivity index (χ1v) is 7.80. The molecule has 0 amide bonds. The topological polar surface area (TPSA) is 55.3 Å². The molecule has 2 rings (SSSR count). The van der Waals surface area contributed by atoms with Crippen LogP contribution in [0.15, 0.2) is 16.9 Å². The highest BCUT2D eigenvalue weighted by Crippen LogP contribution is 2.37. The van der Waals surface area contributed by atoms with Gasteiger partial charge in [-0.3, -0.25) is 4.79 Å². The van der Waals surface area contributed by atoms with E-state index in [2.05, 4.69) is 37.7 Å². The highest BCUT2D eigenvalue weighted by Gasteiger charge is 2.41. The summed E-state index contributed by atoms with van der Waals surface area (Å²) in [5.74, 6) is 0.667. The van der Waals surface area contributed by atoms with E-state index in [4.69, 9.17) is 4.74 Å². The van der Waals surface area contributed by atoms with Crippen molar-refractivity contribution in [1.29, 1.82) is 0 Å². The van der Waals surface area contributed by atoms with Gasteiger partial charge in [-0.1, -0.05) is 6.92 Å². The Balaban J connectivity index is 2.03. The van der Waals surface area contributed by atoms with Gasteiger partial charge in [0, 0.05) is 25.5 Å². The molecule has 0 aromatic carbocycles. The minimum atomic E-state index is -0.331. The Morgan fingerprint density at radius 1 is 1.35 bits per heavy atom. The molecule has 0 spiro atoms. The number of anilines is 1. The van der Waals surface area contributed by atoms with E-state index in [0.717, 1.165) is 42.8 Å². The van der Waals surface area contributed by atoms with Gasteiger partial charge in [-0.15, -0.1) is 0 Å². The highest BCUT2D eigenvalue weighted by atomic mass is 79.9. The zero-order chi connectivity index (χ0) is 14.6. The standard InChI is InChI=1S/C14H20BrN3O2/c1-3-14(12(19)20-4-2)5-7-18(8-6-14)13-16-9-11(15)10-17-13/h9-10H,3-8H2,1-2H3. The van der Waals surface area contributed by atoms with Crippen LogP contribution in [0.25, 0.3) is 0 Å². The normalized spacial score (nSPS) is 17.9. The molecule has 0 aliphatic carbocycles. The zero-order valence-corrected chi connectivity index (χ0v) is 13.5. The molecule has 0 unspecified atom stereocenters. The lowest BCUT2D eigenvalue weighted by Crippen LogP contribution is -2.45. The summed E-state index contributed by atoms with van der Waals surface area (Å²) in [6, 6.07) is 0. The maximum atomic E-state index is 12.2. The molecule has 0 radical (unpaired) electrons. The van der Waals surface area contributed by atoms with E-state index in [1.165, 1.54) is 0 Å². The Bertz CT molecular complexity index is 456. The van der Waals surface area contributed by atoms with Crippen LogP contribution in [0.4, 0.5) is 5.95 Å². The van der Waals surface area contributed by atoms with Crippen LogP contribution < -0.4 is 4.90 Å². The Morgan fingerprint density at radius 3 is 2.45 bits per heavy atom. The first kappa shape index (κ1) is 15.2. The number of aromatic nitrogens is 2. The summed E-state index contributed by atoms with van der Waals surface area (Å²) in [4.78, 5) is 22.9. The Hall–Kier alpha value is -1.17. The average Bonchev–Trinajstić information content (AvgIpc) is 2.48. The molecule has 2 heterocycles. The number of rotatable bonds is 4. The van der Waals surface area contributed by atoms with Crippen LogP contribution in [0.3, 0.4) is 0 Å². The fourth-order valence-corrected chi connectivity index (χ4v) is 2.79. The van der Waals surface area contributed by atoms with Gasteiger partial charge in [0.05, 0.1) is 16.5 Å². The average molecular weight is 342 g/mol. The second-order valence-corrected chi connectivity index (χ2v) is 5.96. The Kier molecular flexibility index (Phi) is 4.96. The number of carbonyl (C=O) groups is 1. The van der Waals surface area contributed by atoms with Gasteiger partial charge in [-0.05, 0) is 42.1 Å². The molecule has 5 nitrogen and oxygen atoms in total. The number of hydrogen-bond acceptors (Lipinski definition) is 5. The molecule has 1 fully saturated rings. The van der Waals surface area contributed by atoms with Gasteiger partial charge in [0.15, 0.2) is 0 Å². The largest absolute Gasteiger partial charge is 0.466 e. The van der Waals surface area contributed by atoms with E-state index < -0.39 is 0 Å².